The van der Waals surface area contributed by atoms with Crippen LogP contribution in [0.2, 0.25) is 0 Å². The van der Waals surface area contributed by atoms with Crippen LogP contribution >= 0.6 is 0 Å². The third kappa shape index (κ3) is 3.79. The van der Waals surface area contributed by atoms with Gasteiger partial charge in [-0.1, -0.05) is 31.2 Å². The van der Waals surface area contributed by atoms with Gasteiger partial charge in [-0.2, -0.15) is 0 Å². The van der Waals surface area contributed by atoms with Crippen molar-refractivity contribution in [3.63, 3.8) is 0 Å². The van der Waals surface area contributed by atoms with E-state index < -0.39 is 0 Å². The third-order valence-corrected chi connectivity index (χ3v) is 2.94. The van der Waals surface area contributed by atoms with Crippen molar-refractivity contribution in [3.05, 3.63) is 53.7 Å². The van der Waals surface area contributed by atoms with Crippen LogP contribution in [0.1, 0.15) is 24.5 Å². The van der Waals surface area contributed by atoms with Crippen molar-refractivity contribution in [2.24, 2.45) is 0 Å². The number of rotatable bonds is 7. The molecule has 0 bridgehead atoms. The van der Waals surface area contributed by atoms with Crippen LogP contribution in [0.3, 0.4) is 0 Å². The first-order valence-corrected chi connectivity index (χ1v) is 6.86. The molecule has 0 saturated heterocycles. The van der Waals surface area contributed by atoms with Crippen LogP contribution < -0.4 is 10.1 Å². The van der Waals surface area contributed by atoms with Crippen molar-refractivity contribution in [2.45, 2.75) is 26.5 Å². The Kier molecular flexibility index (Phi) is 5.53. The lowest BCUT2D eigenvalue weighted by Gasteiger charge is -2.12. The number of aliphatic hydroxyl groups excluding tert-OH is 1. The van der Waals surface area contributed by atoms with E-state index in [0.29, 0.717) is 11.6 Å². The topological polar surface area (TPSA) is 54.4 Å². The molecule has 4 nitrogen and oxygen atoms in total. The quantitative estimate of drug-likeness (QED) is 0.761. The molecule has 0 fully saturated rings. The van der Waals surface area contributed by atoms with E-state index >= 15 is 0 Å². The zero-order valence-corrected chi connectivity index (χ0v) is 11.7. The van der Waals surface area contributed by atoms with Gasteiger partial charge in [-0.05, 0) is 25.1 Å². The largest absolute Gasteiger partial charge is 0.438 e. The Hall–Kier alpha value is -1.91. The number of nitrogens with one attached hydrogen (secondary N) is 1. The second-order valence-electron chi connectivity index (χ2n) is 4.51. The summed E-state index contributed by atoms with van der Waals surface area (Å²) in [5.74, 6) is 1.22. The number of hydrogen-bond acceptors (Lipinski definition) is 4. The Bertz CT molecular complexity index is 544. The second-order valence-corrected chi connectivity index (χ2v) is 4.51. The van der Waals surface area contributed by atoms with Gasteiger partial charge in [0.1, 0.15) is 5.75 Å². The number of ether oxygens (including phenoxy) is 1. The van der Waals surface area contributed by atoms with Crippen molar-refractivity contribution in [3.8, 4) is 11.6 Å². The molecule has 20 heavy (non-hydrogen) atoms. The summed E-state index contributed by atoms with van der Waals surface area (Å²) in [7, 11) is 0. The summed E-state index contributed by atoms with van der Waals surface area (Å²) < 4.78 is 5.85. The number of pyridine rings is 1. The van der Waals surface area contributed by atoms with E-state index in [4.69, 9.17) is 4.74 Å². The van der Waals surface area contributed by atoms with Gasteiger partial charge in [0.25, 0.3) is 0 Å². The van der Waals surface area contributed by atoms with Crippen LogP contribution in [0.15, 0.2) is 42.6 Å². The molecule has 2 N–H and O–H groups in total. The van der Waals surface area contributed by atoms with Crippen molar-refractivity contribution in [1.29, 1.82) is 0 Å². The molecule has 0 atom stereocenters. The van der Waals surface area contributed by atoms with Gasteiger partial charge in [0.2, 0.25) is 5.88 Å². The highest BCUT2D eigenvalue weighted by atomic mass is 16.5. The molecule has 0 aliphatic heterocycles. The minimum Gasteiger partial charge on any atom is -0.438 e. The smallest absolute Gasteiger partial charge is 0.223 e. The van der Waals surface area contributed by atoms with Crippen LogP contribution in [0, 0.1) is 0 Å². The molecule has 1 aromatic carbocycles. The van der Waals surface area contributed by atoms with E-state index in [0.717, 1.165) is 30.6 Å². The van der Waals surface area contributed by atoms with Gasteiger partial charge in [-0.25, -0.2) is 4.98 Å². The number of nitrogens with zero attached hydrogens (tertiary/aromatic N) is 1. The number of aliphatic hydroxyl groups is 1. The molecule has 2 aromatic rings. The molecule has 0 amide bonds. The standard InChI is InChI=1S/C16H20N2O2/c1-2-9-17-11-13-7-5-10-18-16(13)20-15-8-4-3-6-14(15)12-19/h3-8,10,17,19H,2,9,11-12H2,1H3. The zero-order chi connectivity index (χ0) is 14.2. The second kappa shape index (κ2) is 7.62. The average Bonchev–Trinajstić information content (AvgIpc) is 2.50. The van der Waals surface area contributed by atoms with Crippen LogP contribution in [0.25, 0.3) is 0 Å². The van der Waals surface area contributed by atoms with Crippen LogP contribution in [0.5, 0.6) is 11.6 Å². The summed E-state index contributed by atoms with van der Waals surface area (Å²) >= 11 is 0. The summed E-state index contributed by atoms with van der Waals surface area (Å²) in [6.45, 7) is 3.76. The fourth-order valence-electron chi connectivity index (χ4n) is 1.89. The van der Waals surface area contributed by atoms with Gasteiger partial charge in [0, 0.05) is 23.9 Å². The van der Waals surface area contributed by atoms with E-state index in [-0.39, 0.29) is 6.61 Å². The van der Waals surface area contributed by atoms with E-state index in [9.17, 15) is 5.11 Å². The van der Waals surface area contributed by atoms with E-state index in [1.54, 1.807) is 6.20 Å². The Labute approximate surface area is 119 Å². The summed E-state index contributed by atoms with van der Waals surface area (Å²) in [6.07, 6.45) is 2.80. The highest BCUT2D eigenvalue weighted by Crippen LogP contribution is 2.26. The summed E-state index contributed by atoms with van der Waals surface area (Å²) in [5.41, 5.74) is 1.76. The van der Waals surface area contributed by atoms with Crippen molar-refractivity contribution in [1.82, 2.24) is 10.3 Å². The highest BCUT2D eigenvalue weighted by Gasteiger charge is 2.08. The maximum Gasteiger partial charge on any atom is 0.223 e. The lowest BCUT2D eigenvalue weighted by Crippen LogP contribution is -2.14. The fraction of sp³-hybridized carbons (Fsp3) is 0.312. The Morgan fingerprint density at radius 1 is 1.15 bits per heavy atom. The summed E-state index contributed by atoms with van der Waals surface area (Å²) in [6, 6.07) is 11.3. The molecule has 0 unspecified atom stereocenters. The van der Waals surface area contributed by atoms with Crippen LogP contribution in [-0.2, 0) is 13.2 Å². The Morgan fingerprint density at radius 3 is 2.75 bits per heavy atom. The normalized spacial score (nSPS) is 10.5. The summed E-state index contributed by atoms with van der Waals surface area (Å²) in [5, 5.41) is 12.7. The predicted molar refractivity (Wildman–Crippen MR) is 78.7 cm³/mol. The molecule has 1 heterocycles. The highest BCUT2D eigenvalue weighted by molar-refractivity contribution is 5.37. The van der Waals surface area contributed by atoms with E-state index in [1.165, 1.54) is 0 Å². The number of para-hydroxylation sites is 1. The number of hydrogen-bond donors (Lipinski definition) is 2. The molecule has 4 heteroatoms. The van der Waals surface area contributed by atoms with Gasteiger partial charge in [0.15, 0.2) is 0 Å². The van der Waals surface area contributed by atoms with Gasteiger partial charge in [0.05, 0.1) is 6.61 Å². The fourth-order valence-corrected chi connectivity index (χ4v) is 1.89. The summed E-state index contributed by atoms with van der Waals surface area (Å²) in [4.78, 5) is 4.28. The molecule has 106 valence electrons. The molecule has 0 aliphatic carbocycles. The lowest BCUT2D eigenvalue weighted by atomic mass is 10.2. The molecule has 0 saturated carbocycles. The van der Waals surface area contributed by atoms with Crippen LogP contribution in [0.4, 0.5) is 0 Å². The van der Waals surface area contributed by atoms with Crippen molar-refractivity contribution in [2.75, 3.05) is 6.54 Å². The first kappa shape index (κ1) is 14.5. The maximum atomic E-state index is 9.33. The first-order chi connectivity index (χ1) is 9.85. The SMILES string of the molecule is CCCNCc1cccnc1Oc1ccccc1CO. The van der Waals surface area contributed by atoms with E-state index in [2.05, 4.69) is 17.2 Å². The average molecular weight is 272 g/mol. The molecule has 0 aliphatic rings. The van der Waals surface area contributed by atoms with Gasteiger partial charge >= 0.3 is 0 Å². The van der Waals surface area contributed by atoms with Gasteiger partial charge < -0.3 is 15.2 Å². The predicted octanol–water partition coefficient (Wildman–Crippen LogP) is 2.87. The monoisotopic (exact) mass is 272 g/mol. The Balaban J connectivity index is 2.16. The molecule has 1 aromatic heterocycles. The van der Waals surface area contributed by atoms with Gasteiger partial charge in [-0.15, -0.1) is 0 Å². The molecular weight excluding hydrogens is 252 g/mol. The minimum atomic E-state index is -0.0492. The first-order valence-electron chi connectivity index (χ1n) is 6.86. The van der Waals surface area contributed by atoms with E-state index in [1.807, 2.05) is 36.4 Å². The van der Waals surface area contributed by atoms with Crippen molar-refractivity contribution < 1.29 is 9.84 Å². The van der Waals surface area contributed by atoms with Gasteiger partial charge in [-0.3, -0.25) is 0 Å². The van der Waals surface area contributed by atoms with Crippen molar-refractivity contribution >= 4 is 0 Å². The number of aromatic nitrogens is 1. The lowest BCUT2D eigenvalue weighted by molar-refractivity contribution is 0.276. The third-order valence-electron chi connectivity index (χ3n) is 2.94. The molecule has 0 radical (unpaired) electrons. The number of benzene rings is 1. The molecule has 0 spiro atoms. The zero-order valence-electron chi connectivity index (χ0n) is 11.7. The molecular formula is C16H20N2O2. The van der Waals surface area contributed by atoms with Crippen LogP contribution in [-0.4, -0.2) is 16.6 Å². The Morgan fingerprint density at radius 2 is 1.95 bits per heavy atom. The maximum absolute atomic E-state index is 9.33. The minimum absolute atomic E-state index is 0.0492. The molecule has 2 rings (SSSR count).